The molecule has 2 aliphatic rings. The van der Waals surface area contributed by atoms with Crippen LogP contribution in [0.25, 0.3) is 5.57 Å². The van der Waals surface area contributed by atoms with E-state index >= 15 is 0 Å². The molecule has 3 heterocycles. The van der Waals surface area contributed by atoms with E-state index in [1.165, 1.54) is 32.3 Å². The van der Waals surface area contributed by atoms with Crippen molar-refractivity contribution in [1.29, 1.82) is 0 Å². The molecule has 0 radical (unpaired) electrons. The Morgan fingerprint density at radius 2 is 1.46 bits per heavy atom. The fourth-order valence-electron chi connectivity index (χ4n) is 5.09. The molecule has 2 aliphatic heterocycles. The van der Waals surface area contributed by atoms with Gasteiger partial charge in [-0.2, -0.15) is 9.35 Å². The molecule has 11 heteroatoms. The zero-order valence-corrected chi connectivity index (χ0v) is 24.7. The Morgan fingerprint density at radius 1 is 0.927 bits per heavy atom. The van der Waals surface area contributed by atoms with E-state index in [1.807, 2.05) is 0 Å². The Balaban J connectivity index is 0.000000166. The number of allylic oxidation sites excluding steroid dienone is 1. The van der Waals surface area contributed by atoms with E-state index in [2.05, 4.69) is 118 Å². The quantitative estimate of drug-likeness (QED) is 0.174. The summed E-state index contributed by atoms with van der Waals surface area (Å²) in [6.45, 7) is 2.75. The van der Waals surface area contributed by atoms with E-state index in [1.54, 1.807) is 18.3 Å². The van der Waals surface area contributed by atoms with Gasteiger partial charge in [-0.15, -0.1) is 0 Å². The SMILES string of the molecule is CC=C[P+](c1ccccc1)(c1ccccc1)c1ccccc1.O=C1N2CC=C(c3ccns3)C(C2)N1OS(=O)(=O)[O-]. The molecule has 1 fully saturated rings. The zero-order chi connectivity index (χ0) is 28.9. The van der Waals surface area contributed by atoms with E-state index < -0.39 is 29.7 Å². The fourth-order valence-corrected chi connectivity index (χ4v) is 9.92. The van der Waals surface area contributed by atoms with Crippen molar-refractivity contribution in [3.63, 3.8) is 0 Å². The van der Waals surface area contributed by atoms with Crippen molar-refractivity contribution in [3.05, 3.63) is 126 Å². The molecular formula is C30H28N3O5PS2. The molecular weight excluding hydrogens is 577 g/mol. The van der Waals surface area contributed by atoms with Crippen LogP contribution in [-0.4, -0.2) is 52.5 Å². The van der Waals surface area contributed by atoms with E-state index in [4.69, 9.17) is 0 Å². The van der Waals surface area contributed by atoms with Crippen LogP contribution in [0.2, 0.25) is 0 Å². The van der Waals surface area contributed by atoms with Crippen LogP contribution in [0.4, 0.5) is 4.79 Å². The third-order valence-corrected chi connectivity index (χ3v) is 12.0. The number of hydrogen-bond donors (Lipinski definition) is 0. The van der Waals surface area contributed by atoms with Crippen LogP contribution < -0.4 is 15.9 Å². The maximum atomic E-state index is 11.9. The molecule has 0 spiro atoms. The second kappa shape index (κ2) is 12.5. The predicted molar refractivity (Wildman–Crippen MR) is 163 cm³/mol. The Bertz CT molecular complexity index is 1530. The number of nitrogens with zero attached hydrogens (tertiary/aromatic N) is 3. The van der Waals surface area contributed by atoms with Gasteiger partial charge in [-0.25, -0.2) is 17.6 Å². The third kappa shape index (κ3) is 6.17. The fraction of sp³-hybridized carbons (Fsp3) is 0.133. The van der Waals surface area contributed by atoms with E-state index in [0.717, 1.165) is 10.5 Å². The summed E-state index contributed by atoms with van der Waals surface area (Å²) >= 11 is 1.23. The second-order valence-electron chi connectivity index (χ2n) is 9.26. The first kappa shape index (κ1) is 28.9. The summed E-state index contributed by atoms with van der Waals surface area (Å²) < 4.78 is 40.3. The number of carbonyl (C=O) groups excluding carboxylic acids is 1. The lowest BCUT2D eigenvalue weighted by Crippen LogP contribution is -2.36. The number of amides is 2. The normalized spacial score (nSPS) is 16.9. The largest absolute Gasteiger partial charge is 0.724 e. The standard InChI is InChI=1S/C21H20P.C9H9N3O5S2/c1-2-18-22(19-12-6-3-7-13-19,20-14-8-4-9-15-20)21-16-10-5-11-17-21;13-9-11-4-2-6(8-1-3-10-18-8)7(5-11)12(9)17-19(14,15)16/h2-18H,1H3;1-3,7H,4-5H2,(H,14,15,16)/q+1;/p-1. The van der Waals surface area contributed by atoms with Crippen molar-refractivity contribution in [3.8, 4) is 0 Å². The van der Waals surface area contributed by atoms with E-state index in [-0.39, 0.29) is 6.54 Å². The number of benzene rings is 3. The number of urea groups is 1. The first-order valence-electron chi connectivity index (χ1n) is 12.9. The third-order valence-electron chi connectivity index (χ3n) is 6.78. The summed E-state index contributed by atoms with van der Waals surface area (Å²) in [7, 11) is -6.72. The smallest absolute Gasteiger partial charge is 0.346 e. The van der Waals surface area contributed by atoms with Crippen molar-refractivity contribution < 1.29 is 22.0 Å². The lowest BCUT2D eigenvalue weighted by atomic mass is 10.0. The second-order valence-corrected chi connectivity index (χ2v) is 14.4. The lowest BCUT2D eigenvalue weighted by molar-refractivity contribution is -0.0171. The minimum absolute atomic E-state index is 0.290. The Labute approximate surface area is 244 Å². The monoisotopic (exact) mass is 605 g/mol. The van der Waals surface area contributed by atoms with E-state index in [0.29, 0.717) is 11.6 Å². The molecule has 1 atom stereocenters. The maximum Gasteiger partial charge on any atom is 0.346 e. The number of hydrogen-bond acceptors (Lipinski definition) is 7. The molecule has 1 unspecified atom stereocenters. The van der Waals surface area contributed by atoms with Gasteiger partial charge in [0.15, 0.2) is 0 Å². The van der Waals surface area contributed by atoms with Crippen LogP contribution in [0.3, 0.4) is 0 Å². The maximum absolute atomic E-state index is 11.9. The molecule has 1 aromatic heterocycles. The molecule has 8 nitrogen and oxygen atoms in total. The van der Waals surface area contributed by atoms with Crippen molar-refractivity contribution >= 4 is 56.7 Å². The minimum Gasteiger partial charge on any atom is -0.724 e. The Hall–Kier alpha value is -3.66. The molecule has 210 valence electrons. The average molecular weight is 606 g/mol. The molecule has 0 saturated carbocycles. The van der Waals surface area contributed by atoms with Gasteiger partial charge in [-0.1, -0.05) is 66.7 Å². The van der Waals surface area contributed by atoms with Gasteiger partial charge in [0.25, 0.3) is 0 Å². The van der Waals surface area contributed by atoms with Gasteiger partial charge in [-0.3, -0.25) is 0 Å². The molecule has 2 amide bonds. The molecule has 2 bridgehead atoms. The molecule has 3 aromatic carbocycles. The van der Waals surface area contributed by atoms with Gasteiger partial charge < -0.3 is 9.45 Å². The highest BCUT2D eigenvalue weighted by Gasteiger charge is 2.45. The first-order valence-corrected chi connectivity index (χ1v) is 16.8. The Morgan fingerprint density at radius 3 is 1.90 bits per heavy atom. The number of rotatable bonds is 7. The lowest BCUT2D eigenvalue weighted by Gasteiger charge is -2.24. The van der Waals surface area contributed by atoms with Crippen molar-refractivity contribution in [2.45, 2.75) is 13.0 Å². The average Bonchev–Trinajstić information content (AvgIpc) is 3.61. The van der Waals surface area contributed by atoms with Crippen LogP contribution >= 0.6 is 18.8 Å². The van der Waals surface area contributed by atoms with Gasteiger partial charge in [0.05, 0.1) is 17.2 Å². The number of hydroxylamine groups is 2. The summed E-state index contributed by atoms with van der Waals surface area (Å²) in [6.07, 6.45) is 5.61. The summed E-state index contributed by atoms with van der Waals surface area (Å²) in [5.74, 6) is 2.41. The molecule has 0 N–H and O–H groups in total. The van der Waals surface area contributed by atoms with Crippen LogP contribution in [0.15, 0.2) is 121 Å². The molecule has 41 heavy (non-hydrogen) atoms. The zero-order valence-electron chi connectivity index (χ0n) is 22.2. The van der Waals surface area contributed by atoms with Gasteiger partial charge >= 0.3 is 6.03 Å². The first-order chi connectivity index (χ1) is 19.8. The summed E-state index contributed by atoms with van der Waals surface area (Å²) in [5, 5.41) is 4.81. The highest BCUT2D eigenvalue weighted by atomic mass is 32.3. The molecule has 4 aromatic rings. The highest BCUT2D eigenvalue weighted by molar-refractivity contribution is 7.98. The number of carbonyl (C=O) groups is 1. The Kier molecular flexibility index (Phi) is 8.77. The summed E-state index contributed by atoms with van der Waals surface area (Å²) in [5.41, 5.74) is 0.744. The highest BCUT2D eigenvalue weighted by Crippen LogP contribution is 2.56. The number of aromatic nitrogens is 1. The van der Waals surface area contributed by atoms with E-state index in [9.17, 15) is 17.8 Å². The van der Waals surface area contributed by atoms with Crippen LogP contribution in [-0.2, 0) is 14.7 Å². The van der Waals surface area contributed by atoms with Crippen LogP contribution in [0.1, 0.15) is 11.8 Å². The van der Waals surface area contributed by atoms with Crippen molar-refractivity contribution in [2.24, 2.45) is 0 Å². The van der Waals surface area contributed by atoms with Crippen molar-refractivity contribution in [2.75, 3.05) is 13.1 Å². The van der Waals surface area contributed by atoms with Gasteiger partial charge in [0.1, 0.15) is 29.2 Å². The molecule has 6 rings (SSSR count). The molecule has 0 aliphatic carbocycles. The summed E-state index contributed by atoms with van der Waals surface area (Å²) in [4.78, 5) is 14.1. The summed E-state index contributed by atoms with van der Waals surface area (Å²) in [6, 6.07) is 33.2. The predicted octanol–water partition coefficient (Wildman–Crippen LogP) is 4.55. The topological polar surface area (TPSA) is 103 Å². The number of fused-ring (bicyclic) bond motifs is 2. The van der Waals surface area contributed by atoms with Gasteiger partial charge in [-0.05, 0) is 66.5 Å². The van der Waals surface area contributed by atoms with Crippen LogP contribution in [0, 0.1) is 0 Å². The van der Waals surface area contributed by atoms with Crippen molar-refractivity contribution in [1.82, 2.24) is 14.3 Å². The van der Waals surface area contributed by atoms with Gasteiger partial charge in [0.2, 0.25) is 10.4 Å². The molecule has 1 saturated heterocycles. The minimum atomic E-state index is -4.98. The van der Waals surface area contributed by atoms with Crippen LogP contribution in [0.5, 0.6) is 0 Å². The van der Waals surface area contributed by atoms with Gasteiger partial charge in [0, 0.05) is 12.7 Å².